The first-order chi connectivity index (χ1) is 8.74. The van der Waals surface area contributed by atoms with Gasteiger partial charge in [-0.15, -0.1) is 22.7 Å². The number of amides is 1. The highest BCUT2D eigenvalue weighted by Crippen LogP contribution is 2.30. The SMILES string of the molecule is Cc1nc(CN(C(=O)c2cccs2)C2CC2)cs1. The standard InChI is InChI=1S/C13H14N2OS2/c1-9-14-10(8-18-9)7-15(11-4-5-11)13(16)12-3-2-6-17-12/h2-3,6,8,11H,4-5,7H2,1H3. The van der Waals surface area contributed by atoms with Gasteiger partial charge in [-0.3, -0.25) is 4.79 Å². The molecular weight excluding hydrogens is 264 g/mol. The zero-order chi connectivity index (χ0) is 12.5. The summed E-state index contributed by atoms with van der Waals surface area (Å²) in [5.41, 5.74) is 1.01. The number of aromatic nitrogens is 1. The minimum Gasteiger partial charge on any atom is -0.329 e. The van der Waals surface area contributed by atoms with Crippen molar-refractivity contribution < 1.29 is 4.79 Å². The molecule has 0 aliphatic heterocycles. The van der Waals surface area contributed by atoms with Gasteiger partial charge in [0, 0.05) is 11.4 Å². The van der Waals surface area contributed by atoms with E-state index >= 15 is 0 Å². The molecule has 0 radical (unpaired) electrons. The first-order valence-corrected chi connectivity index (χ1v) is 7.75. The molecule has 2 heterocycles. The van der Waals surface area contributed by atoms with Crippen molar-refractivity contribution in [2.75, 3.05) is 0 Å². The van der Waals surface area contributed by atoms with E-state index in [1.807, 2.05) is 34.7 Å². The Morgan fingerprint density at radius 3 is 2.89 bits per heavy atom. The molecule has 0 N–H and O–H groups in total. The average molecular weight is 278 g/mol. The van der Waals surface area contributed by atoms with Crippen LogP contribution in [0.25, 0.3) is 0 Å². The normalized spacial score (nSPS) is 14.7. The Labute approximate surface area is 114 Å². The average Bonchev–Trinajstić information content (AvgIpc) is 2.89. The van der Waals surface area contributed by atoms with Crippen molar-refractivity contribution in [1.82, 2.24) is 9.88 Å². The van der Waals surface area contributed by atoms with Gasteiger partial charge in [0.05, 0.1) is 22.1 Å². The second-order valence-electron chi connectivity index (χ2n) is 4.50. The third-order valence-electron chi connectivity index (χ3n) is 2.98. The van der Waals surface area contributed by atoms with E-state index in [-0.39, 0.29) is 5.91 Å². The molecule has 0 aromatic carbocycles. The number of carbonyl (C=O) groups excluding carboxylic acids is 1. The van der Waals surface area contributed by atoms with Gasteiger partial charge in [-0.25, -0.2) is 4.98 Å². The molecule has 1 fully saturated rings. The predicted molar refractivity (Wildman–Crippen MR) is 74.1 cm³/mol. The summed E-state index contributed by atoms with van der Waals surface area (Å²) in [7, 11) is 0. The first kappa shape index (κ1) is 11.9. The fourth-order valence-corrected chi connectivity index (χ4v) is 3.23. The lowest BCUT2D eigenvalue weighted by atomic mass is 10.3. The molecule has 5 heteroatoms. The van der Waals surface area contributed by atoms with Crippen LogP contribution in [0.1, 0.15) is 33.2 Å². The van der Waals surface area contributed by atoms with Gasteiger partial charge < -0.3 is 4.90 Å². The highest BCUT2D eigenvalue weighted by Gasteiger charge is 2.33. The number of hydrogen-bond donors (Lipinski definition) is 0. The molecule has 0 unspecified atom stereocenters. The molecule has 94 valence electrons. The van der Waals surface area contributed by atoms with Crippen molar-refractivity contribution in [3.05, 3.63) is 38.5 Å². The van der Waals surface area contributed by atoms with Crippen LogP contribution in [-0.2, 0) is 6.54 Å². The number of thiazole rings is 1. The van der Waals surface area contributed by atoms with Crippen molar-refractivity contribution in [3.63, 3.8) is 0 Å². The smallest absolute Gasteiger partial charge is 0.264 e. The number of rotatable bonds is 4. The van der Waals surface area contributed by atoms with Crippen LogP contribution < -0.4 is 0 Å². The van der Waals surface area contributed by atoms with Crippen molar-refractivity contribution in [3.8, 4) is 0 Å². The lowest BCUT2D eigenvalue weighted by Gasteiger charge is -2.20. The largest absolute Gasteiger partial charge is 0.329 e. The Morgan fingerprint density at radius 1 is 1.50 bits per heavy atom. The van der Waals surface area contributed by atoms with Gasteiger partial charge in [0.25, 0.3) is 5.91 Å². The maximum absolute atomic E-state index is 12.4. The number of nitrogens with zero attached hydrogens (tertiary/aromatic N) is 2. The van der Waals surface area contributed by atoms with Gasteiger partial charge in [0.15, 0.2) is 0 Å². The van der Waals surface area contributed by atoms with Gasteiger partial charge in [0.2, 0.25) is 0 Å². The second-order valence-corrected chi connectivity index (χ2v) is 6.51. The second kappa shape index (κ2) is 4.82. The molecule has 2 aromatic heterocycles. The number of hydrogen-bond acceptors (Lipinski definition) is 4. The van der Waals surface area contributed by atoms with Gasteiger partial charge in [0.1, 0.15) is 0 Å². The molecule has 18 heavy (non-hydrogen) atoms. The lowest BCUT2D eigenvalue weighted by Crippen LogP contribution is -2.32. The predicted octanol–water partition coefficient (Wildman–Crippen LogP) is 3.32. The lowest BCUT2D eigenvalue weighted by molar-refractivity contribution is 0.0733. The summed E-state index contributed by atoms with van der Waals surface area (Å²) in [5, 5.41) is 5.06. The Bertz CT molecular complexity index is 543. The van der Waals surface area contributed by atoms with Crippen LogP contribution in [0.2, 0.25) is 0 Å². The van der Waals surface area contributed by atoms with Crippen LogP contribution in [0.15, 0.2) is 22.9 Å². The van der Waals surface area contributed by atoms with Crippen LogP contribution in [-0.4, -0.2) is 21.8 Å². The Balaban J connectivity index is 1.78. The molecule has 1 aliphatic carbocycles. The maximum atomic E-state index is 12.4. The van der Waals surface area contributed by atoms with E-state index in [4.69, 9.17) is 0 Å². The van der Waals surface area contributed by atoms with Gasteiger partial charge in [-0.05, 0) is 31.2 Å². The number of aryl methyl sites for hydroxylation is 1. The minimum atomic E-state index is 0.151. The third kappa shape index (κ3) is 2.47. The summed E-state index contributed by atoms with van der Waals surface area (Å²) in [6.45, 7) is 2.64. The molecule has 2 aromatic rings. The summed E-state index contributed by atoms with van der Waals surface area (Å²) < 4.78 is 0. The minimum absolute atomic E-state index is 0.151. The zero-order valence-electron chi connectivity index (χ0n) is 10.1. The van der Waals surface area contributed by atoms with Crippen molar-refractivity contribution in [2.24, 2.45) is 0 Å². The first-order valence-electron chi connectivity index (χ1n) is 5.99. The molecule has 1 aliphatic rings. The van der Waals surface area contributed by atoms with Crippen molar-refractivity contribution in [1.29, 1.82) is 0 Å². The summed E-state index contributed by atoms with van der Waals surface area (Å²) in [5.74, 6) is 0.151. The van der Waals surface area contributed by atoms with E-state index in [2.05, 4.69) is 4.98 Å². The van der Waals surface area contributed by atoms with Gasteiger partial charge >= 0.3 is 0 Å². The van der Waals surface area contributed by atoms with Crippen LogP contribution in [0.4, 0.5) is 0 Å². The Kier molecular flexibility index (Phi) is 3.18. The van der Waals surface area contributed by atoms with Crippen LogP contribution in [0.5, 0.6) is 0 Å². The number of carbonyl (C=O) groups is 1. The number of thiophene rings is 1. The quantitative estimate of drug-likeness (QED) is 0.859. The highest BCUT2D eigenvalue weighted by atomic mass is 32.1. The van der Waals surface area contributed by atoms with E-state index in [0.29, 0.717) is 12.6 Å². The van der Waals surface area contributed by atoms with E-state index in [0.717, 1.165) is 28.4 Å². The van der Waals surface area contributed by atoms with E-state index in [9.17, 15) is 4.79 Å². The summed E-state index contributed by atoms with van der Waals surface area (Å²) in [6, 6.07) is 4.24. The summed E-state index contributed by atoms with van der Waals surface area (Å²) in [6.07, 6.45) is 2.25. The van der Waals surface area contributed by atoms with Crippen molar-refractivity contribution in [2.45, 2.75) is 32.4 Å². The molecular formula is C13H14N2OS2. The third-order valence-corrected chi connectivity index (χ3v) is 4.66. The van der Waals surface area contributed by atoms with Crippen LogP contribution in [0.3, 0.4) is 0 Å². The molecule has 0 bridgehead atoms. The highest BCUT2D eigenvalue weighted by molar-refractivity contribution is 7.12. The molecule has 3 rings (SSSR count). The molecule has 0 atom stereocenters. The van der Waals surface area contributed by atoms with E-state index < -0.39 is 0 Å². The zero-order valence-corrected chi connectivity index (χ0v) is 11.8. The van der Waals surface area contributed by atoms with Gasteiger partial charge in [-0.1, -0.05) is 6.07 Å². The molecule has 1 saturated carbocycles. The molecule has 3 nitrogen and oxygen atoms in total. The maximum Gasteiger partial charge on any atom is 0.264 e. The Hall–Kier alpha value is -1.20. The molecule has 0 saturated heterocycles. The van der Waals surface area contributed by atoms with Crippen LogP contribution in [0, 0.1) is 6.92 Å². The topological polar surface area (TPSA) is 33.2 Å². The summed E-state index contributed by atoms with van der Waals surface area (Å²) >= 11 is 3.15. The monoisotopic (exact) mass is 278 g/mol. The molecule has 0 spiro atoms. The van der Waals surface area contributed by atoms with Gasteiger partial charge in [-0.2, -0.15) is 0 Å². The Morgan fingerprint density at radius 2 is 2.33 bits per heavy atom. The van der Waals surface area contributed by atoms with E-state index in [1.165, 1.54) is 11.3 Å². The molecule has 1 amide bonds. The van der Waals surface area contributed by atoms with Crippen molar-refractivity contribution >= 4 is 28.6 Å². The van der Waals surface area contributed by atoms with E-state index in [1.54, 1.807) is 11.3 Å². The fourth-order valence-electron chi connectivity index (χ4n) is 1.95. The summed E-state index contributed by atoms with van der Waals surface area (Å²) in [4.78, 5) is 19.7. The fraction of sp³-hybridized carbons (Fsp3) is 0.385. The van der Waals surface area contributed by atoms with Crippen LogP contribution >= 0.6 is 22.7 Å².